The highest BCUT2D eigenvalue weighted by molar-refractivity contribution is 6.11. The monoisotopic (exact) mass is 413 g/mol. The Morgan fingerprint density at radius 3 is 2.80 bits per heavy atom. The first-order chi connectivity index (χ1) is 14.7. The second-order valence-corrected chi connectivity index (χ2v) is 8.32. The summed E-state index contributed by atoms with van der Waals surface area (Å²) in [5, 5.41) is 0. The minimum absolute atomic E-state index is 0.0801. The minimum Gasteiger partial charge on any atom is -0.494 e. The fraction of sp³-hybridized carbons (Fsp3) is 0.583. The minimum atomic E-state index is -0.451. The van der Waals surface area contributed by atoms with E-state index >= 15 is 0 Å². The first-order valence-electron chi connectivity index (χ1n) is 11.1. The molecule has 4 rings (SSSR count). The molecule has 0 saturated heterocycles. The lowest BCUT2D eigenvalue weighted by Crippen LogP contribution is -2.39. The molecular weight excluding hydrogens is 382 g/mol. The summed E-state index contributed by atoms with van der Waals surface area (Å²) >= 11 is 0. The summed E-state index contributed by atoms with van der Waals surface area (Å²) in [5.41, 5.74) is 1.40. The summed E-state index contributed by atoms with van der Waals surface area (Å²) in [7, 11) is 1.61. The molecule has 0 radical (unpaired) electrons. The summed E-state index contributed by atoms with van der Waals surface area (Å²) in [6.45, 7) is 3.58. The van der Waals surface area contributed by atoms with Crippen molar-refractivity contribution < 1.29 is 23.8 Å². The van der Waals surface area contributed by atoms with E-state index in [1.54, 1.807) is 12.0 Å². The molecule has 0 spiro atoms. The number of carbonyl (C=O) groups excluding carboxylic acids is 2. The molecule has 1 saturated carbocycles. The third-order valence-electron chi connectivity index (χ3n) is 6.34. The fourth-order valence-electron chi connectivity index (χ4n) is 4.77. The van der Waals surface area contributed by atoms with Crippen LogP contribution in [0.15, 0.2) is 35.6 Å². The van der Waals surface area contributed by atoms with Crippen molar-refractivity contribution in [3.8, 4) is 5.75 Å². The zero-order chi connectivity index (χ0) is 21.1. The topological polar surface area (TPSA) is 65.1 Å². The molecule has 6 heteroatoms. The normalized spacial score (nSPS) is 25.8. The second-order valence-electron chi connectivity index (χ2n) is 8.32. The number of hydrogen-bond donors (Lipinski definition) is 0. The number of benzene rings is 1. The Balaban J connectivity index is 1.69. The molecule has 0 N–H and O–H groups in total. The van der Waals surface area contributed by atoms with Gasteiger partial charge in [0.25, 0.3) is 5.91 Å². The van der Waals surface area contributed by atoms with E-state index in [-0.39, 0.29) is 29.5 Å². The van der Waals surface area contributed by atoms with E-state index in [1.807, 2.05) is 24.3 Å². The Labute approximate surface area is 178 Å². The number of Topliss-reactive ketones (excluding diaryl/α,β-unsaturated/α-hetero) is 1. The third kappa shape index (κ3) is 3.85. The number of rotatable bonds is 8. The number of carbonyl (C=O) groups is 2. The Morgan fingerprint density at radius 2 is 2.00 bits per heavy atom. The summed E-state index contributed by atoms with van der Waals surface area (Å²) in [6, 6.07) is 7.30. The highest BCUT2D eigenvalue weighted by atomic mass is 16.5. The highest BCUT2D eigenvalue weighted by Crippen LogP contribution is 2.46. The van der Waals surface area contributed by atoms with Crippen LogP contribution in [-0.4, -0.2) is 49.6 Å². The first kappa shape index (κ1) is 20.9. The van der Waals surface area contributed by atoms with E-state index in [1.165, 1.54) is 0 Å². The van der Waals surface area contributed by atoms with Gasteiger partial charge in [0.1, 0.15) is 11.9 Å². The van der Waals surface area contributed by atoms with E-state index in [9.17, 15) is 9.59 Å². The van der Waals surface area contributed by atoms with Crippen molar-refractivity contribution in [2.24, 2.45) is 5.92 Å². The van der Waals surface area contributed by atoms with Crippen LogP contribution < -0.4 is 4.74 Å². The van der Waals surface area contributed by atoms with Crippen LogP contribution in [0.4, 0.5) is 0 Å². The number of methoxy groups -OCH3 is 1. The van der Waals surface area contributed by atoms with Gasteiger partial charge in [-0.25, -0.2) is 0 Å². The molecule has 3 atom stereocenters. The van der Waals surface area contributed by atoms with Crippen LogP contribution in [0.2, 0.25) is 0 Å². The molecule has 1 aromatic rings. The van der Waals surface area contributed by atoms with Crippen LogP contribution in [0.1, 0.15) is 57.1 Å². The quantitative estimate of drug-likeness (QED) is 0.607. The van der Waals surface area contributed by atoms with Gasteiger partial charge in [0.05, 0.1) is 30.7 Å². The largest absolute Gasteiger partial charge is 0.494 e. The standard InChI is InChI=1S/C24H31NO5/c1-3-4-13-29-17-9-7-8-16(15-17)21-20-22(26)18-10-5-6-11-19(18)30-23(20)24(27)25(21)12-14-28-2/h7-9,15,18-19,21H,3-6,10-14H2,1-2H3. The molecule has 1 aromatic carbocycles. The van der Waals surface area contributed by atoms with Gasteiger partial charge in [0.15, 0.2) is 11.5 Å². The number of fused-ring (bicyclic) bond motifs is 1. The molecule has 30 heavy (non-hydrogen) atoms. The Hall–Kier alpha value is -2.34. The van der Waals surface area contributed by atoms with Gasteiger partial charge in [0.2, 0.25) is 0 Å². The van der Waals surface area contributed by atoms with Crippen molar-refractivity contribution in [2.45, 2.75) is 57.6 Å². The van der Waals surface area contributed by atoms with E-state index in [0.717, 1.165) is 49.8 Å². The fourth-order valence-corrected chi connectivity index (χ4v) is 4.77. The predicted molar refractivity (Wildman–Crippen MR) is 112 cm³/mol. The molecule has 6 nitrogen and oxygen atoms in total. The van der Waals surface area contributed by atoms with Crippen LogP contribution in [0.5, 0.6) is 5.75 Å². The molecular formula is C24H31NO5. The van der Waals surface area contributed by atoms with Crippen molar-refractivity contribution >= 4 is 11.7 Å². The molecule has 0 aromatic heterocycles. The van der Waals surface area contributed by atoms with E-state index in [0.29, 0.717) is 25.3 Å². The maximum absolute atomic E-state index is 13.5. The molecule has 3 unspecified atom stereocenters. The first-order valence-corrected chi connectivity index (χ1v) is 11.1. The number of amides is 1. The average molecular weight is 414 g/mol. The van der Waals surface area contributed by atoms with Crippen molar-refractivity contribution in [3.63, 3.8) is 0 Å². The lowest BCUT2D eigenvalue weighted by molar-refractivity contribution is -0.135. The highest BCUT2D eigenvalue weighted by Gasteiger charge is 2.51. The lowest BCUT2D eigenvalue weighted by atomic mass is 9.77. The molecule has 2 aliphatic heterocycles. The number of hydrogen-bond acceptors (Lipinski definition) is 5. The van der Waals surface area contributed by atoms with Gasteiger partial charge < -0.3 is 19.1 Å². The Bertz CT molecular complexity index is 833. The molecule has 3 aliphatic rings. The summed E-state index contributed by atoms with van der Waals surface area (Å²) < 4.78 is 17.3. The maximum Gasteiger partial charge on any atom is 0.290 e. The molecule has 1 aliphatic carbocycles. The van der Waals surface area contributed by atoms with Crippen LogP contribution in [0, 0.1) is 5.92 Å². The molecule has 1 fully saturated rings. The summed E-state index contributed by atoms with van der Waals surface area (Å²) in [4.78, 5) is 28.5. The van der Waals surface area contributed by atoms with Gasteiger partial charge >= 0.3 is 0 Å². The van der Waals surface area contributed by atoms with Gasteiger partial charge in [-0.2, -0.15) is 0 Å². The molecule has 2 heterocycles. The number of nitrogens with zero attached hydrogens (tertiary/aromatic N) is 1. The van der Waals surface area contributed by atoms with Gasteiger partial charge in [-0.3, -0.25) is 9.59 Å². The van der Waals surface area contributed by atoms with E-state index in [4.69, 9.17) is 14.2 Å². The van der Waals surface area contributed by atoms with Gasteiger partial charge in [-0.15, -0.1) is 0 Å². The molecule has 162 valence electrons. The maximum atomic E-state index is 13.5. The number of ketones is 1. The molecule has 0 bridgehead atoms. The lowest BCUT2D eigenvalue weighted by Gasteiger charge is -2.35. The van der Waals surface area contributed by atoms with Gasteiger partial charge in [-0.1, -0.05) is 31.9 Å². The smallest absolute Gasteiger partial charge is 0.290 e. The molecule has 1 amide bonds. The number of ether oxygens (including phenoxy) is 3. The van der Waals surface area contributed by atoms with Crippen LogP contribution in [-0.2, 0) is 19.1 Å². The van der Waals surface area contributed by atoms with Crippen LogP contribution in [0.25, 0.3) is 0 Å². The summed E-state index contributed by atoms with van der Waals surface area (Å²) in [6.07, 6.45) is 5.62. The second kappa shape index (κ2) is 9.21. The van der Waals surface area contributed by atoms with Crippen LogP contribution in [0.3, 0.4) is 0 Å². The van der Waals surface area contributed by atoms with E-state index < -0.39 is 6.04 Å². The number of unbranched alkanes of at least 4 members (excludes halogenated alkanes) is 1. The van der Waals surface area contributed by atoms with Crippen LogP contribution >= 0.6 is 0 Å². The van der Waals surface area contributed by atoms with Crippen molar-refractivity contribution in [3.05, 3.63) is 41.2 Å². The van der Waals surface area contributed by atoms with Crippen molar-refractivity contribution in [1.82, 2.24) is 4.90 Å². The SMILES string of the molecule is CCCCOc1cccc(C2C3=C(OC4CCCCC4C3=O)C(=O)N2CCOC)c1. The van der Waals surface area contributed by atoms with Crippen molar-refractivity contribution in [1.29, 1.82) is 0 Å². The van der Waals surface area contributed by atoms with Gasteiger partial charge in [-0.05, 0) is 43.4 Å². The predicted octanol–water partition coefficient (Wildman–Crippen LogP) is 3.81. The average Bonchev–Trinajstić information content (AvgIpc) is 3.05. The van der Waals surface area contributed by atoms with Crippen molar-refractivity contribution in [2.75, 3.05) is 26.9 Å². The third-order valence-corrected chi connectivity index (χ3v) is 6.34. The zero-order valence-corrected chi connectivity index (χ0v) is 17.9. The van der Waals surface area contributed by atoms with Gasteiger partial charge in [0, 0.05) is 13.7 Å². The van der Waals surface area contributed by atoms with E-state index in [2.05, 4.69) is 6.92 Å². The Kier molecular flexibility index (Phi) is 6.42. The summed E-state index contributed by atoms with van der Waals surface area (Å²) in [5.74, 6) is 0.743. The Morgan fingerprint density at radius 1 is 1.17 bits per heavy atom. The zero-order valence-electron chi connectivity index (χ0n) is 17.9.